The van der Waals surface area contributed by atoms with E-state index in [9.17, 15) is 5.11 Å². The Kier molecular flexibility index (Phi) is 2.85. The molecule has 0 spiro atoms. The van der Waals surface area contributed by atoms with Crippen LogP contribution in [0, 0.1) is 5.41 Å². The highest BCUT2D eigenvalue weighted by molar-refractivity contribution is 5.87. The Morgan fingerprint density at radius 3 is 2.50 bits per heavy atom. The molecule has 0 aromatic carbocycles. The van der Waals surface area contributed by atoms with E-state index < -0.39 is 11.5 Å². The van der Waals surface area contributed by atoms with Crippen LogP contribution >= 0.6 is 0 Å². The predicted octanol–water partition coefficient (Wildman–Crippen LogP) is 0.321. The lowest BCUT2D eigenvalue weighted by Gasteiger charge is -2.25. The largest absolute Gasteiger partial charge is 0.409 e. The van der Waals surface area contributed by atoms with Crippen molar-refractivity contribution in [1.29, 1.82) is 0 Å². The molecule has 1 atom stereocenters. The summed E-state index contributed by atoms with van der Waals surface area (Å²) in [5.41, 5.74) is -0.423. The molecule has 0 aliphatic heterocycles. The number of aliphatic hydroxyl groups excluding tert-OH is 1. The molecule has 1 aromatic rings. The fraction of sp³-hybridized carbons (Fsp3) is 0.625. The molecule has 1 rings (SSSR count). The normalized spacial score (nSPS) is 15.6. The van der Waals surface area contributed by atoms with Gasteiger partial charge in [0.05, 0.1) is 0 Å². The van der Waals surface area contributed by atoms with Crippen molar-refractivity contribution in [1.82, 2.24) is 14.8 Å². The van der Waals surface area contributed by atoms with Crippen LogP contribution in [0.4, 0.5) is 0 Å². The monoisotopic (exact) mass is 198 g/mol. The topological polar surface area (TPSA) is 83.5 Å². The summed E-state index contributed by atoms with van der Waals surface area (Å²) < 4.78 is 1.23. The molecule has 0 radical (unpaired) electrons. The first-order valence-electron chi connectivity index (χ1n) is 4.22. The van der Waals surface area contributed by atoms with Gasteiger partial charge in [0.25, 0.3) is 0 Å². The maximum Gasteiger partial charge on any atom is 0.199 e. The number of aliphatic hydroxyl groups is 1. The van der Waals surface area contributed by atoms with Gasteiger partial charge in [-0.15, -0.1) is 0 Å². The second-order valence-electron chi connectivity index (χ2n) is 4.07. The van der Waals surface area contributed by atoms with Gasteiger partial charge in [-0.25, -0.2) is 9.67 Å². The minimum Gasteiger partial charge on any atom is -0.409 e. The lowest BCUT2D eigenvalue weighted by molar-refractivity contribution is 0.114. The first-order valence-corrected chi connectivity index (χ1v) is 4.22. The number of hydrogen-bond donors (Lipinski definition) is 2. The Labute approximate surface area is 81.9 Å². The van der Waals surface area contributed by atoms with Crippen LogP contribution in [-0.4, -0.2) is 37.0 Å². The van der Waals surface area contributed by atoms with E-state index in [0.717, 1.165) is 0 Å². The fourth-order valence-electron chi connectivity index (χ4n) is 0.940. The first kappa shape index (κ1) is 10.6. The van der Waals surface area contributed by atoms with Crippen molar-refractivity contribution < 1.29 is 10.3 Å². The quantitative estimate of drug-likeness (QED) is 0.294. The molecule has 0 amide bonds. The zero-order valence-electron chi connectivity index (χ0n) is 8.42. The van der Waals surface area contributed by atoms with Crippen molar-refractivity contribution in [3.8, 4) is 0 Å². The Bertz CT molecular complexity index is 313. The van der Waals surface area contributed by atoms with Gasteiger partial charge in [0, 0.05) is 0 Å². The van der Waals surface area contributed by atoms with Crippen LogP contribution in [0.5, 0.6) is 0 Å². The molecule has 0 aliphatic rings. The van der Waals surface area contributed by atoms with E-state index in [1.165, 1.54) is 17.3 Å². The second kappa shape index (κ2) is 3.75. The smallest absolute Gasteiger partial charge is 0.199 e. The summed E-state index contributed by atoms with van der Waals surface area (Å²) >= 11 is 0. The van der Waals surface area contributed by atoms with Gasteiger partial charge in [0.15, 0.2) is 5.84 Å². The van der Waals surface area contributed by atoms with E-state index in [1.807, 2.05) is 20.8 Å². The van der Waals surface area contributed by atoms with Crippen LogP contribution in [0.3, 0.4) is 0 Å². The van der Waals surface area contributed by atoms with Gasteiger partial charge >= 0.3 is 0 Å². The third-order valence-electron chi connectivity index (χ3n) is 1.82. The molecule has 0 saturated heterocycles. The van der Waals surface area contributed by atoms with Crippen molar-refractivity contribution >= 4 is 5.84 Å². The maximum atomic E-state index is 9.84. The molecule has 14 heavy (non-hydrogen) atoms. The van der Waals surface area contributed by atoms with Gasteiger partial charge in [-0.2, -0.15) is 5.10 Å². The Morgan fingerprint density at radius 2 is 2.14 bits per heavy atom. The molecule has 0 bridgehead atoms. The number of hydrogen-bond acceptors (Lipinski definition) is 5. The molecular weight excluding hydrogens is 184 g/mol. The minimum atomic E-state index is -0.908. The summed E-state index contributed by atoms with van der Waals surface area (Å²) in [7, 11) is 0. The molecule has 6 nitrogen and oxygen atoms in total. The Morgan fingerprint density at radius 1 is 1.50 bits per heavy atom. The maximum absolute atomic E-state index is 9.84. The third-order valence-corrected chi connectivity index (χ3v) is 1.82. The van der Waals surface area contributed by atoms with Crippen molar-refractivity contribution in [3.05, 3.63) is 12.7 Å². The SMILES string of the molecule is CC(C)(C)[C@@H](O)/C(=N\O)n1cncn1. The van der Waals surface area contributed by atoms with E-state index in [2.05, 4.69) is 15.2 Å². The Balaban J connectivity index is 2.96. The van der Waals surface area contributed by atoms with Crippen molar-refractivity contribution in [2.24, 2.45) is 10.6 Å². The van der Waals surface area contributed by atoms with Crippen LogP contribution in [-0.2, 0) is 0 Å². The van der Waals surface area contributed by atoms with Gasteiger partial charge in [-0.3, -0.25) is 0 Å². The molecule has 1 heterocycles. The molecule has 0 saturated carbocycles. The first-order chi connectivity index (χ1) is 6.46. The molecule has 78 valence electrons. The van der Waals surface area contributed by atoms with Gasteiger partial charge in [-0.05, 0) is 5.41 Å². The minimum absolute atomic E-state index is 0.0648. The van der Waals surface area contributed by atoms with Crippen molar-refractivity contribution in [2.45, 2.75) is 26.9 Å². The van der Waals surface area contributed by atoms with Gasteiger partial charge < -0.3 is 10.3 Å². The van der Waals surface area contributed by atoms with Crippen LogP contribution in [0.1, 0.15) is 20.8 Å². The van der Waals surface area contributed by atoms with Gasteiger partial charge in [-0.1, -0.05) is 25.9 Å². The molecule has 1 aromatic heterocycles. The second-order valence-corrected chi connectivity index (χ2v) is 4.07. The lowest BCUT2D eigenvalue weighted by atomic mass is 9.88. The van der Waals surface area contributed by atoms with E-state index >= 15 is 0 Å². The van der Waals surface area contributed by atoms with E-state index in [1.54, 1.807) is 0 Å². The van der Waals surface area contributed by atoms with Crippen molar-refractivity contribution in [2.75, 3.05) is 0 Å². The summed E-state index contributed by atoms with van der Waals surface area (Å²) in [6.45, 7) is 5.50. The highest BCUT2D eigenvalue weighted by Crippen LogP contribution is 2.20. The van der Waals surface area contributed by atoms with Crippen molar-refractivity contribution in [3.63, 3.8) is 0 Å². The summed E-state index contributed by atoms with van der Waals surface area (Å²) in [5, 5.41) is 25.4. The standard InChI is InChI=1S/C8H14N4O2/c1-8(2,3)6(13)7(11-14)12-5-9-4-10-12/h4-6,13-14H,1-3H3/b11-7+/t6-/m0/s1. The Hall–Kier alpha value is -1.43. The average molecular weight is 198 g/mol. The van der Waals surface area contributed by atoms with Crippen LogP contribution < -0.4 is 0 Å². The number of aromatic nitrogens is 3. The van der Waals surface area contributed by atoms with Crippen LogP contribution in [0.25, 0.3) is 0 Å². The molecule has 0 aliphatic carbocycles. The molecule has 6 heteroatoms. The van der Waals surface area contributed by atoms with E-state index in [4.69, 9.17) is 5.21 Å². The molecule has 0 fully saturated rings. The predicted molar refractivity (Wildman–Crippen MR) is 50.1 cm³/mol. The highest BCUT2D eigenvalue weighted by Gasteiger charge is 2.29. The highest BCUT2D eigenvalue weighted by atomic mass is 16.4. The molecule has 0 unspecified atom stereocenters. The summed E-state index contributed by atoms with van der Waals surface area (Å²) in [6, 6.07) is 0. The molecule has 2 N–H and O–H groups in total. The lowest BCUT2D eigenvalue weighted by Crippen LogP contribution is -2.38. The van der Waals surface area contributed by atoms with Gasteiger partial charge in [0.2, 0.25) is 0 Å². The number of rotatable bonds is 1. The van der Waals surface area contributed by atoms with Gasteiger partial charge in [0.1, 0.15) is 18.8 Å². The fourth-order valence-corrected chi connectivity index (χ4v) is 0.940. The van der Waals surface area contributed by atoms with E-state index in [-0.39, 0.29) is 5.84 Å². The van der Waals surface area contributed by atoms with E-state index in [0.29, 0.717) is 0 Å². The zero-order valence-corrected chi connectivity index (χ0v) is 8.42. The average Bonchev–Trinajstić information content (AvgIpc) is 2.57. The molecular formula is C8H14N4O2. The number of oxime groups is 1. The third kappa shape index (κ3) is 2.08. The zero-order chi connectivity index (χ0) is 10.8. The summed E-state index contributed by atoms with van der Waals surface area (Å²) in [6.07, 6.45) is 1.76. The summed E-state index contributed by atoms with van der Waals surface area (Å²) in [5.74, 6) is 0.0648. The van der Waals surface area contributed by atoms with Crippen LogP contribution in [0.15, 0.2) is 17.8 Å². The van der Waals surface area contributed by atoms with Crippen LogP contribution in [0.2, 0.25) is 0 Å². The summed E-state index contributed by atoms with van der Waals surface area (Å²) in [4.78, 5) is 3.70. The number of nitrogens with zero attached hydrogens (tertiary/aromatic N) is 4.